The summed E-state index contributed by atoms with van der Waals surface area (Å²) in [5.41, 5.74) is 3.76. The first-order valence-electron chi connectivity index (χ1n) is 8.98. The van der Waals surface area contributed by atoms with E-state index in [1.54, 1.807) is 7.11 Å². The molecule has 1 heterocycles. The highest BCUT2D eigenvalue weighted by molar-refractivity contribution is 5.70. The zero-order chi connectivity index (χ0) is 19.4. The number of hydrogen-bond donors (Lipinski definition) is 2. The van der Waals surface area contributed by atoms with Gasteiger partial charge in [0.05, 0.1) is 18.5 Å². The third-order valence-electron chi connectivity index (χ3n) is 3.90. The summed E-state index contributed by atoms with van der Waals surface area (Å²) >= 11 is 0. The SMILES string of the molecule is COc1ccc(C)cc1Nc1cc(-c2ccccc2)nc(NC(C)(C)C)n1. The Labute approximate surface area is 160 Å². The monoisotopic (exact) mass is 362 g/mol. The second-order valence-electron chi connectivity index (χ2n) is 7.53. The number of aromatic nitrogens is 2. The third-order valence-corrected chi connectivity index (χ3v) is 3.90. The molecule has 0 fully saturated rings. The summed E-state index contributed by atoms with van der Waals surface area (Å²) < 4.78 is 5.48. The van der Waals surface area contributed by atoms with E-state index >= 15 is 0 Å². The van der Waals surface area contributed by atoms with Crippen LogP contribution >= 0.6 is 0 Å². The van der Waals surface area contributed by atoms with Gasteiger partial charge in [-0.05, 0) is 45.4 Å². The predicted molar refractivity (Wildman–Crippen MR) is 112 cm³/mol. The molecule has 0 aliphatic heterocycles. The Morgan fingerprint density at radius 2 is 1.67 bits per heavy atom. The molecule has 3 rings (SSSR count). The van der Waals surface area contributed by atoms with Crippen molar-refractivity contribution in [2.75, 3.05) is 17.7 Å². The number of hydrogen-bond acceptors (Lipinski definition) is 5. The van der Waals surface area contributed by atoms with Crippen molar-refractivity contribution in [3.05, 3.63) is 60.2 Å². The molecule has 5 nitrogen and oxygen atoms in total. The molecule has 1 aromatic heterocycles. The van der Waals surface area contributed by atoms with Crippen LogP contribution in [0.2, 0.25) is 0 Å². The molecule has 0 bridgehead atoms. The molecule has 0 amide bonds. The number of nitrogens with zero attached hydrogens (tertiary/aromatic N) is 2. The predicted octanol–water partition coefficient (Wildman–Crippen LogP) is 5.41. The molecule has 27 heavy (non-hydrogen) atoms. The van der Waals surface area contributed by atoms with Crippen LogP contribution in [0.15, 0.2) is 54.6 Å². The Kier molecular flexibility index (Phi) is 5.31. The van der Waals surface area contributed by atoms with Gasteiger partial charge in [0.2, 0.25) is 5.95 Å². The quantitative estimate of drug-likeness (QED) is 0.635. The second-order valence-corrected chi connectivity index (χ2v) is 7.53. The van der Waals surface area contributed by atoms with Gasteiger partial charge >= 0.3 is 0 Å². The highest BCUT2D eigenvalue weighted by atomic mass is 16.5. The fraction of sp³-hybridized carbons (Fsp3) is 0.273. The van der Waals surface area contributed by atoms with Gasteiger partial charge in [0, 0.05) is 17.2 Å². The fourth-order valence-electron chi connectivity index (χ4n) is 2.72. The number of anilines is 3. The van der Waals surface area contributed by atoms with Crippen molar-refractivity contribution in [1.82, 2.24) is 9.97 Å². The molecule has 0 aliphatic carbocycles. The summed E-state index contributed by atoms with van der Waals surface area (Å²) in [6.45, 7) is 8.30. The van der Waals surface area contributed by atoms with Gasteiger partial charge in [-0.15, -0.1) is 0 Å². The average Bonchev–Trinajstić information content (AvgIpc) is 2.61. The van der Waals surface area contributed by atoms with E-state index in [1.165, 1.54) is 0 Å². The molecule has 0 saturated carbocycles. The molecular weight excluding hydrogens is 336 g/mol. The summed E-state index contributed by atoms with van der Waals surface area (Å²) in [6, 6.07) is 18.1. The minimum atomic E-state index is -0.145. The van der Waals surface area contributed by atoms with Gasteiger partial charge in [0.15, 0.2) is 0 Å². The van der Waals surface area contributed by atoms with E-state index in [0.717, 1.165) is 28.3 Å². The zero-order valence-corrected chi connectivity index (χ0v) is 16.5. The highest BCUT2D eigenvalue weighted by Crippen LogP contribution is 2.30. The largest absolute Gasteiger partial charge is 0.495 e. The van der Waals surface area contributed by atoms with Gasteiger partial charge in [-0.1, -0.05) is 36.4 Å². The number of rotatable bonds is 5. The summed E-state index contributed by atoms with van der Waals surface area (Å²) in [7, 11) is 1.66. The minimum absolute atomic E-state index is 0.145. The Balaban J connectivity index is 2.04. The first-order valence-corrected chi connectivity index (χ1v) is 8.98. The van der Waals surface area contributed by atoms with Crippen LogP contribution in [-0.4, -0.2) is 22.6 Å². The van der Waals surface area contributed by atoms with Crippen molar-refractivity contribution in [2.45, 2.75) is 33.2 Å². The third kappa shape index (κ3) is 4.97. The molecule has 2 aromatic carbocycles. The second kappa shape index (κ2) is 7.66. The lowest BCUT2D eigenvalue weighted by Crippen LogP contribution is -2.27. The molecule has 5 heteroatoms. The van der Waals surface area contributed by atoms with Crippen molar-refractivity contribution >= 4 is 17.5 Å². The zero-order valence-electron chi connectivity index (χ0n) is 16.5. The Morgan fingerprint density at radius 1 is 0.926 bits per heavy atom. The van der Waals surface area contributed by atoms with Crippen LogP contribution in [-0.2, 0) is 0 Å². The number of aryl methyl sites for hydroxylation is 1. The van der Waals surface area contributed by atoms with E-state index < -0.39 is 0 Å². The minimum Gasteiger partial charge on any atom is -0.495 e. The standard InChI is InChI=1S/C22H26N4O/c1-15-11-12-19(27-5)18(13-15)23-20-14-17(16-9-7-6-8-10-16)24-21(25-20)26-22(2,3)4/h6-14H,1-5H3,(H2,23,24,25,26). The number of methoxy groups -OCH3 is 1. The lowest BCUT2D eigenvalue weighted by Gasteiger charge is -2.21. The van der Waals surface area contributed by atoms with Gasteiger partial charge in [-0.3, -0.25) is 0 Å². The summed E-state index contributed by atoms with van der Waals surface area (Å²) in [6.07, 6.45) is 0. The molecule has 0 unspecified atom stereocenters. The topological polar surface area (TPSA) is 59.1 Å². The molecule has 140 valence electrons. The Morgan fingerprint density at radius 3 is 2.33 bits per heavy atom. The van der Waals surface area contributed by atoms with Gasteiger partial charge < -0.3 is 15.4 Å². The molecule has 0 atom stereocenters. The van der Waals surface area contributed by atoms with Crippen molar-refractivity contribution in [2.24, 2.45) is 0 Å². The van der Waals surface area contributed by atoms with E-state index in [9.17, 15) is 0 Å². The lowest BCUT2D eigenvalue weighted by atomic mass is 10.1. The van der Waals surface area contributed by atoms with Gasteiger partial charge in [-0.25, -0.2) is 4.98 Å². The van der Waals surface area contributed by atoms with E-state index in [1.807, 2.05) is 61.5 Å². The number of nitrogens with one attached hydrogen (secondary N) is 2. The van der Waals surface area contributed by atoms with Crippen LogP contribution in [0, 0.1) is 6.92 Å². The molecule has 3 aromatic rings. The summed E-state index contributed by atoms with van der Waals surface area (Å²) in [4.78, 5) is 9.35. The van der Waals surface area contributed by atoms with Crippen molar-refractivity contribution in [3.8, 4) is 17.0 Å². The van der Waals surface area contributed by atoms with Gasteiger partial charge in [-0.2, -0.15) is 4.98 Å². The normalized spacial score (nSPS) is 11.1. The van der Waals surface area contributed by atoms with Crippen LogP contribution in [0.5, 0.6) is 5.75 Å². The summed E-state index contributed by atoms with van der Waals surface area (Å²) in [5, 5.41) is 6.75. The van der Waals surface area contributed by atoms with Crippen LogP contribution < -0.4 is 15.4 Å². The van der Waals surface area contributed by atoms with E-state index in [2.05, 4.69) is 36.4 Å². The smallest absolute Gasteiger partial charge is 0.225 e. The maximum atomic E-state index is 5.48. The van der Waals surface area contributed by atoms with Crippen molar-refractivity contribution in [3.63, 3.8) is 0 Å². The van der Waals surface area contributed by atoms with E-state index in [0.29, 0.717) is 11.8 Å². The van der Waals surface area contributed by atoms with Crippen LogP contribution in [0.4, 0.5) is 17.5 Å². The molecule has 0 radical (unpaired) electrons. The van der Waals surface area contributed by atoms with Crippen molar-refractivity contribution in [1.29, 1.82) is 0 Å². The van der Waals surface area contributed by atoms with Gasteiger partial charge in [0.25, 0.3) is 0 Å². The fourth-order valence-corrected chi connectivity index (χ4v) is 2.72. The number of ether oxygens (including phenoxy) is 1. The first-order chi connectivity index (χ1) is 12.8. The van der Waals surface area contributed by atoms with Gasteiger partial charge in [0.1, 0.15) is 11.6 Å². The Hall–Kier alpha value is -3.08. The average molecular weight is 362 g/mol. The molecule has 0 aliphatic rings. The molecule has 0 saturated heterocycles. The first kappa shape index (κ1) is 18.7. The van der Waals surface area contributed by atoms with Crippen LogP contribution in [0.3, 0.4) is 0 Å². The van der Waals surface area contributed by atoms with Crippen LogP contribution in [0.25, 0.3) is 11.3 Å². The molecule has 0 spiro atoms. The Bertz CT molecular complexity index is 917. The maximum Gasteiger partial charge on any atom is 0.225 e. The maximum absolute atomic E-state index is 5.48. The van der Waals surface area contributed by atoms with Crippen molar-refractivity contribution < 1.29 is 4.74 Å². The van der Waals surface area contributed by atoms with E-state index in [-0.39, 0.29) is 5.54 Å². The molecular formula is C22H26N4O. The van der Waals surface area contributed by atoms with E-state index in [4.69, 9.17) is 9.72 Å². The highest BCUT2D eigenvalue weighted by Gasteiger charge is 2.14. The number of benzene rings is 2. The van der Waals surface area contributed by atoms with Crippen LogP contribution in [0.1, 0.15) is 26.3 Å². The lowest BCUT2D eigenvalue weighted by molar-refractivity contribution is 0.416. The summed E-state index contributed by atoms with van der Waals surface area (Å²) in [5.74, 6) is 2.06. The molecule has 2 N–H and O–H groups in total.